The molecule has 37 heteroatoms. The highest BCUT2D eigenvalue weighted by atomic mass is 16.7. The van der Waals surface area contributed by atoms with Crippen molar-refractivity contribution in [3.05, 3.63) is 0 Å². The number of nitrogens with one attached hydrogen (secondary N) is 10. The minimum atomic E-state index is -1.50. The van der Waals surface area contributed by atoms with Gasteiger partial charge < -0.3 is 142 Å². The number of aliphatic hydroxyl groups is 9. The van der Waals surface area contributed by atoms with Gasteiger partial charge in [-0.25, -0.2) is 0 Å². The van der Waals surface area contributed by atoms with E-state index in [2.05, 4.69) is 53.2 Å². The third-order valence-corrected chi connectivity index (χ3v) is 15.7. The average Bonchev–Trinajstić information content (AvgIpc) is 0.826. The number of amides is 9. The van der Waals surface area contributed by atoms with Crippen molar-refractivity contribution in [1.29, 1.82) is 0 Å². The summed E-state index contributed by atoms with van der Waals surface area (Å²) in [6.45, 7) is 7.12. The van der Waals surface area contributed by atoms with Crippen LogP contribution in [0.4, 0.5) is 0 Å². The number of carbonyl (C=O) groups is 9. The second-order valence-electron chi connectivity index (χ2n) is 24.7. The Morgan fingerprint density at radius 3 is 0.889 bits per heavy atom. The van der Waals surface area contributed by atoms with E-state index >= 15 is 0 Å². The van der Waals surface area contributed by atoms with Gasteiger partial charge in [-0.05, 0) is 44.9 Å². The third-order valence-electron chi connectivity index (χ3n) is 15.7. The normalized spacial score (nSPS) is 25.9. The molecule has 0 bridgehead atoms. The van der Waals surface area contributed by atoms with Crippen LogP contribution in [0.25, 0.3) is 0 Å². The Hall–Kier alpha value is -5.53. The summed E-state index contributed by atoms with van der Waals surface area (Å²) in [5.41, 5.74) is -1.03. The molecule has 0 aromatic heterocycles. The van der Waals surface area contributed by atoms with Gasteiger partial charge in [0, 0.05) is 111 Å². The molecule has 0 aromatic carbocycles. The Labute approximate surface area is 576 Å². The molecule has 3 fully saturated rings. The van der Waals surface area contributed by atoms with E-state index in [-0.39, 0.29) is 173 Å². The maximum Gasteiger partial charge on any atom is 0.222 e. The van der Waals surface area contributed by atoms with Crippen molar-refractivity contribution in [3.8, 4) is 0 Å². The molecular formula is C62H112N10O27. The molecule has 9 unspecified atom stereocenters. The van der Waals surface area contributed by atoms with Crippen LogP contribution in [-0.2, 0) is 85.8 Å². The number of rotatable bonds is 51. The van der Waals surface area contributed by atoms with E-state index in [1.165, 1.54) is 20.8 Å². The topological polar surface area (TPSA) is 539 Å². The molecule has 0 saturated carbocycles. The summed E-state index contributed by atoms with van der Waals surface area (Å²) in [4.78, 5) is 111. The molecule has 572 valence electrons. The monoisotopic (exact) mass is 1430 g/mol. The van der Waals surface area contributed by atoms with Gasteiger partial charge in [0.25, 0.3) is 0 Å². The van der Waals surface area contributed by atoms with Crippen LogP contribution >= 0.6 is 0 Å². The van der Waals surface area contributed by atoms with Crippen molar-refractivity contribution >= 4 is 53.2 Å². The van der Waals surface area contributed by atoms with E-state index < -0.39 is 141 Å². The summed E-state index contributed by atoms with van der Waals surface area (Å²) in [6.07, 6.45) is -12.6. The van der Waals surface area contributed by atoms with Crippen molar-refractivity contribution < 1.29 is 132 Å². The van der Waals surface area contributed by atoms with Crippen LogP contribution in [0.5, 0.6) is 0 Å². The Morgan fingerprint density at radius 1 is 0.364 bits per heavy atom. The predicted molar refractivity (Wildman–Crippen MR) is 345 cm³/mol. The molecule has 3 saturated heterocycles. The van der Waals surface area contributed by atoms with Crippen molar-refractivity contribution in [2.75, 3.05) is 119 Å². The van der Waals surface area contributed by atoms with E-state index in [9.17, 15) is 89.1 Å². The molecule has 0 spiro atoms. The Kier molecular flexibility index (Phi) is 43.5. The van der Waals surface area contributed by atoms with Crippen LogP contribution in [-0.4, -0.2) is 321 Å². The molecule has 15 atom stereocenters. The van der Waals surface area contributed by atoms with Gasteiger partial charge in [0.15, 0.2) is 18.9 Å². The molecule has 3 heterocycles. The van der Waals surface area contributed by atoms with Gasteiger partial charge in [0.05, 0.1) is 78.0 Å². The predicted octanol–water partition coefficient (Wildman–Crippen LogP) is -7.58. The first-order valence-corrected chi connectivity index (χ1v) is 33.9. The van der Waals surface area contributed by atoms with Gasteiger partial charge in [-0.1, -0.05) is 13.8 Å². The molecule has 19 N–H and O–H groups in total. The van der Waals surface area contributed by atoms with Gasteiger partial charge in [-0.3, -0.25) is 43.2 Å². The van der Waals surface area contributed by atoms with Crippen LogP contribution in [0.3, 0.4) is 0 Å². The van der Waals surface area contributed by atoms with Gasteiger partial charge in [-0.15, -0.1) is 0 Å². The van der Waals surface area contributed by atoms with Gasteiger partial charge in [0.2, 0.25) is 53.2 Å². The molecule has 3 aliphatic heterocycles. The summed E-state index contributed by atoms with van der Waals surface area (Å²) in [5.74, 6) is -3.28. The van der Waals surface area contributed by atoms with Crippen molar-refractivity contribution in [3.63, 3.8) is 0 Å². The van der Waals surface area contributed by atoms with Crippen LogP contribution in [0.15, 0.2) is 0 Å². The smallest absolute Gasteiger partial charge is 0.222 e. The lowest BCUT2D eigenvalue weighted by Gasteiger charge is -2.42. The summed E-state index contributed by atoms with van der Waals surface area (Å²) < 4.78 is 51.7. The Balaban J connectivity index is 1.41. The standard InChI is InChI=1S/C62H112N10O27/c1-37(2)72-62(36-93-29-17-48(83)67-23-12-24-68-49(84)18-30-96-61-52(71-40(5)78)58(90)55(87)43(33-75)99-61,34-91-27-15-46(81)65-21-10-19-63-44(79)13-6-8-25-94-59-50(69-38(3)76)56(88)53(85)41(31-73)97-59)35-92-28-16-47(82)66-22-11-20-64-45(80)14-7-9-26-95-60-51(70-39(4)77)57(89)54(86)42(32-74)98-60/h37,41-43,50-61,72-75,85-90H,6-36H2,1-5H3,(H,63,79)(H,64,80)(H,65,81)(H,66,82)(H,67,83)(H,68,84)(H,69,76)(H,70,77)(H,71,78)/t41?,42?,43?,50?,51?,52?,53-,54-,55-,56?,57?,58?,59+,60+,61+,62?/m0/s1. The molecule has 3 rings (SSSR count). The zero-order valence-corrected chi connectivity index (χ0v) is 57.5. The first-order chi connectivity index (χ1) is 47.2. The molecule has 0 radical (unpaired) electrons. The molecular weight excluding hydrogens is 1320 g/mol. The lowest BCUT2D eigenvalue weighted by Crippen LogP contribution is -2.64. The summed E-state index contributed by atoms with van der Waals surface area (Å²) in [7, 11) is 0. The maximum absolute atomic E-state index is 12.8. The van der Waals surface area contributed by atoms with E-state index in [4.69, 9.17) is 42.6 Å². The fourth-order valence-electron chi connectivity index (χ4n) is 10.6. The maximum atomic E-state index is 12.8. The first kappa shape index (κ1) is 87.7. The van der Waals surface area contributed by atoms with Gasteiger partial charge >= 0.3 is 0 Å². The van der Waals surface area contributed by atoms with Crippen LogP contribution in [0.2, 0.25) is 0 Å². The van der Waals surface area contributed by atoms with E-state index in [1.807, 2.05) is 13.8 Å². The lowest BCUT2D eigenvalue weighted by molar-refractivity contribution is -0.270. The Morgan fingerprint density at radius 2 is 0.626 bits per heavy atom. The molecule has 37 nitrogen and oxygen atoms in total. The number of ether oxygens (including phenoxy) is 9. The number of hydrogen-bond acceptors (Lipinski definition) is 28. The number of unbranched alkanes of at least 4 members (excludes halogenated alkanes) is 2. The lowest BCUT2D eigenvalue weighted by atomic mass is 9.97. The van der Waals surface area contributed by atoms with Crippen molar-refractivity contribution in [2.45, 2.75) is 222 Å². The third kappa shape index (κ3) is 34.8. The molecule has 9 amide bonds. The zero-order valence-electron chi connectivity index (χ0n) is 57.5. The van der Waals surface area contributed by atoms with Gasteiger partial charge in [0.1, 0.15) is 73.1 Å². The fourth-order valence-corrected chi connectivity index (χ4v) is 10.6. The summed E-state index contributed by atoms with van der Waals surface area (Å²) in [5, 5.41) is 118. The average molecular weight is 1430 g/mol. The van der Waals surface area contributed by atoms with Crippen LogP contribution in [0, 0.1) is 0 Å². The van der Waals surface area contributed by atoms with Crippen LogP contribution in [0.1, 0.15) is 118 Å². The number of hydrogen-bond donors (Lipinski definition) is 19. The molecule has 99 heavy (non-hydrogen) atoms. The molecule has 0 aliphatic carbocycles. The second-order valence-corrected chi connectivity index (χ2v) is 24.7. The second kappa shape index (κ2) is 49.1. The quantitative estimate of drug-likeness (QED) is 0.0252. The highest BCUT2D eigenvalue weighted by Gasteiger charge is 2.48. The number of carbonyl (C=O) groups excluding carboxylic acids is 9. The minimum Gasteiger partial charge on any atom is -0.394 e. The highest BCUT2D eigenvalue weighted by Crippen LogP contribution is 2.25. The highest BCUT2D eigenvalue weighted by molar-refractivity contribution is 5.78. The minimum absolute atomic E-state index is 0.00280. The van der Waals surface area contributed by atoms with Crippen molar-refractivity contribution in [1.82, 2.24) is 53.2 Å². The summed E-state index contributed by atoms with van der Waals surface area (Å²) >= 11 is 0. The zero-order chi connectivity index (χ0) is 73.3. The van der Waals surface area contributed by atoms with Gasteiger partial charge in [-0.2, -0.15) is 0 Å². The van der Waals surface area contributed by atoms with E-state index in [0.717, 1.165) is 0 Å². The molecule has 0 aromatic rings. The molecule has 3 aliphatic rings. The Bertz CT molecular complexity index is 2290. The largest absolute Gasteiger partial charge is 0.394 e. The van der Waals surface area contributed by atoms with E-state index in [0.29, 0.717) is 44.9 Å². The van der Waals surface area contributed by atoms with Crippen molar-refractivity contribution in [2.24, 2.45) is 0 Å². The number of aliphatic hydroxyl groups excluding tert-OH is 9. The SMILES string of the molecule is CC(=O)NC1C(O)[C@@H](O)C(CO)O[C@H]1OCCCCC(=O)NCCCNC(=O)CCOCC(COCCC(=O)NCCCNC(=O)CCCCO[C@@H]1OC(CO)[C@H](O)C(O)C1NC(C)=O)(COCCC(=O)NCCCNC(=O)CCO[C@@H]1OC(CO)[C@H](O)C(O)C1NC(C)=O)NC(C)C. The summed E-state index contributed by atoms with van der Waals surface area (Å²) in [6, 6.07) is -3.46. The van der Waals surface area contributed by atoms with E-state index in [1.54, 1.807) is 0 Å². The fraction of sp³-hybridized carbons (Fsp3) is 0.855. The van der Waals surface area contributed by atoms with Crippen LogP contribution < -0.4 is 53.2 Å². The first-order valence-electron chi connectivity index (χ1n) is 33.9.